The van der Waals surface area contributed by atoms with Gasteiger partial charge in [-0.2, -0.15) is 5.26 Å². The number of allylic oxidation sites excluding steroid dienone is 3. The van der Waals surface area contributed by atoms with Gasteiger partial charge >= 0.3 is 0 Å². The lowest BCUT2D eigenvalue weighted by Crippen LogP contribution is -2.29. The summed E-state index contributed by atoms with van der Waals surface area (Å²) in [5.74, 6) is -0.241. The van der Waals surface area contributed by atoms with Crippen molar-refractivity contribution in [1.29, 1.82) is 5.26 Å². The smallest absolute Gasteiger partial charge is 0.245 e. The van der Waals surface area contributed by atoms with Crippen molar-refractivity contribution in [3.8, 4) is 6.07 Å². The molecule has 0 saturated heterocycles. The Balaban J connectivity index is 4.03. The van der Waals surface area contributed by atoms with Crippen LogP contribution in [0.5, 0.6) is 0 Å². The first-order valence-corrected chi connectivity index (χ1v) is 4.11. The molecule has 0 saturated carbocycles. The van der Waals surface area contributed by atoms with Crippen LogP contribution in [0.3, 0.4) is 0 Å². The summed E-state index contributed by atoms with van der Waals surface area (Å²) in [5.41, 5.74) is 1.01. The zero-order chi connectivity index (χ0) is 10.3. The number of hydrogen-bond acceptors (Lipinski definition) is 2. The molecule has 0 aromatic heterocycles. The van der Waals surface area contributed by atoms with Gasteiger partial charge in [0.1, 0.15) is 6.04 Å². The van der Waals surface area contributed by atoms with Crippen LogP contribution in [0.4, 0.5) is 0 Å². The maximum absolute atomic E-state index is 11.1. The summed E-state index contributed by atoms with van der Waals surface area (Å²) in [6.07, 6.45) is 5.03. The van der Waals surface area contributed by atoms with E-state index in [0.717, 1.165) is 5.57 Å². The molecular weight excluding hydrogens is 164 g/mol. The Hall–Kier alpha value is -1.56. The third-order valence-electron chi connectivity index (χ3n) is 1.51. The zero-order valence-electron chi connectivity index (χ0n) is 8.16. The van der Waals surface area contributed by atoms with Gasteiger partial charge in [0.2, 0.25) is 5.91 Å². The van der Waals surface area contributed by atoms with E-state index in [-0.39, 0.29) is 5.91 Å². The van der Waals surface area contributed by atoms with E-state index < -0.39 is 6.04 Å². The van der Waals surface area contributed by atoms with Gasteiger partial charge in [-0.15, -0.1) is 0 Å². The lowest BCUT2D eigenvalue weighted by atomic mass is 10.2. The van der Waals surface area contributed by atoms with E-state index in [1.807, 2.05) is 26.0 Å². The molecule has 0 fully saturated rings. The predicted molar refractivity (Wildman–Crippen MR) is 51.8 cm³/mol. The van der Waals surface area contributed by atoms with Gasteiger partial charge in [-0.05, 0) is 20.8 Å². The zero-order valence-corrected chi connectivity index (χ0v) is 8.16. The topological polar surface area (TPSA) is 52.9 Å². The van der Waals surface area contributed by atoms with E-state index in [1.165, 1.54) is 6.08 Å². The lowest BCUT2D eigenvalue weighted by molar-refractivity contribution is -0.116. The number of nitriles is 1. The minimum atomic E-state index is -0.442. The highest BCUT2D eigenvalue weighted by molar-refractivity contribution is 5.88. The predicted octanol–water partition coefficient (Wildman–Crippen LogP) is 1.54. The van der Waals surface area contributed by atoms with E-state index in [1.54, 1.807) is 13.0 Å². The molecule has 13 heavy (non-hydrogen) atoms. The second kappa shape index (κ2) is 6.01. The van der Waals surface area contributed by atoms with Crippen LogP contribution in [0, 0.1) is 11.3 Å². The van der Waals surface area contributed by atoms with Crippen molar-refractivity contribution in [2.45, 2.75) is 26.8 Å². The van der Waals surface area contributed by atoms with Crippen LogP contribution in [-0.2, 0) is 4.79 Å². The molecule has 1 atom stereocenters. The van der Waals surface area contributed by atoms with Gasteiger partial charge in [-0.25, -0.2) is 0 Å². The van der Waals surface area contributed by atoms with Gasteiger partial charge in [0.15, 0.2) is 0 Å². The molecule has 0 radical (unpaired) electrons. The van der Waals surface area contributed by atoms with Gasteiger partial charge in [0, 0.05) is 6.08 Å². The summed E-state index contributed by atoms with van der Waals surface area (Å²) in [5, 5.41) is 10.9. The van der Waals surface area contributed by atoms with Gasteiger partial charge in [-0.3, -0.25) is 4.79 Å². The molecule has 0 bridgehead atoms. The quantitative estimate of drug-likeness (QED) is 0.526. The van der Waals surface area contributed by atoms with E-state index in [2.05, 4.69) is 5.32 Å². The molecule has 0 aliphatic carbocycles. The first-order valence-electron chi connectivity index (χ1n) is 4.11. The van der Waals surface area contributed by atoms with Crippen molar-refractivity contribution in [2.75, 3.05) is 0 Å². The Morgan fingerprint density at radius 3 is 2.62 bits per heavy atom. The van der Waals surface area contributed by atoms with Crippen molar-refractivity contribution in [3.63, 3.8) is 0 Å². The third-order valence-corrected chi connectivity index (χ3v) is 1.51. The highest BCUT2D eigenvalue weighted by Gasteiger charge is 2.00. The number of carbonyl (C=O) groups is 1. The van der Waals surface area contributed by atoms with Gasteiger partial charge in [0.25, 0.3) is 0 Å². The van der Waals surface area contributed by atoms with Gasteiger partial charge in [0.05, 0.1) is 6.07 Å². The fourth-order valence-corrected chi connectivity index (χ4v) is 0.597. The van der Waals surface area contributed by atoms with E-state index in [4.69, 9.17) is 5.26 Å². The van der Waals surface area contributed by atoms with Crippen molar-refractivity contribution in [2.24, 2.45) is 0 Å². The minimum absolute atomic E-state index is 0.241. The number of carbonyl (C=O) groups excluding carboxylic acids is 1. The number of rotatable bonds is 3. The normalized spacial score (nSPS) is 13.8. The van der Waals surface area contributed by atoms with Crippen LogP contribution >= 0.6 is 0 Å². The first-order chi connectivity index (χ1) is 6.10. The monoisotopic (exact) mass is 178 g/mol. The summed E-state index contributed by atoms with van der Waals surface area (Å²) >= 11 is 0. The van der Waals surface area contributed by atoms with Crippen LogP contribution in [0.25, 0.3) is 0 Å². The van der Waals surface area contributed by atoms with Crippen molar-refractivity contribution in [1.82, 2.24) is 5.32 Å². The molecule has 0 spiro atoms. The van der Waals surface area contributed by atoms with Crippen LogP contribution in [0.1, 0.15) is 20.8 Å². The Labute approximate surface area is 78.7 Å². The highest BCUT2D eigenvalue weighted by Crippen LogP contribution is 1.93. The molecule has 0 aromatic rings. The summed E-state index contributed by atoms with van der Waals surface area (Å²) in [6.45, 7) is 5.43. The molecule has 0 rings (SSSR count). The number of nitrogens with one attached hydrogen (secondary N) is 1. The summed E-state index contributed by atoms with van der Waals surface area (Å²) in [7, 11) is 0. The van der Waals surface area contributed by atoms with Crippen LogP contribution < -0.4 is 5.32 Å². The molecule has 1 N–H and O–H groups in total. The largest absolute Gasteiger partial charge is 0.337 e. The molecule has 3 heteroatoms. The second-order valence-corrected chi connectivity index (χ2v) is 2.73. The third kappa shape index (κ3) is 5.68. The lowest BCUT2D eigenvalue weighted by Gasteiger charge is -2.01. The molecule has 0 aliphatic rings. The standard InChI is InChI=1S/C10H14N2O/c1-4-8(2)5-6-10(13)12-9(3)7-11/h4-6,9H,1-3H3,(H,12,13)/b6-5+,8-4-. The highest BCUT2D eigenvalue weighted by atomic mass is 16.1. The molecular formula is C10H14N2O. The maximum atomic E-state index is 11.1. The maximum Gasteiger partial charge on any atom is 0.245 e. The second-order valence-electron chi connectivity index (χ2n) is 2.73. The molecule has 0 aromatic carbocycles. The van der Waals surface area contributed by atoms with E-state index in [9.17, 15) is 4.79 Å². The van der Waals surface area contributed by atoms with Crippen LogP contribution in [0.2, 0.25) is 0 Å². The van der Waals surface area contributed by atoms with Crippen molar-refractivity contribution < 1.29 is 4.79 Å². The summed E-state index contributed by atoms with van der Waals surface area (Å²) in [6, 6.07) is 1.48. The van der Waals surface area contributed by atoms with Crippen LogP contribution in [0.15, 0.2) is 23.8 Å². The number of nitrogens with zero attached hydrogens (tertiary/aromatic N) is 1. The van der Waals surface area contributed by atoms with Crippen molar-refractivity contribution in [3.05, 3.63) is 23.8 Å². The molecule has 1 unspecified atom stereocenters. The Kier molecular flexibility index (Phi) is 5.29. The molecule has 70 valence electrons. The fraction of sp³-hybridized carbons (Fsp3) is 0.400. The molecule has 0 aliphatic heterocycles. The fourth-order valence-electron chi connectivity index (χ4n) is 0.597. The average Bonchev–Trinajstić information content (AvgIpc) is 2.13. The van der Waals surface area contributed by atoms with Gasteiger partial charge in [-0.1, -0.05) is 17.7 Å². The van der Waals surface area contributed by atoms with Crippen LogP contribution in [-0.4, -0.2) is 11.9 Å². The first kappa shape index (κ1) is 11.4. The Morgan fingerprint density at radius 2 is 2.15 bits per heavy atom. The molecule has 3 nitrogen and oxygen atoms in total. The Morgan fingerprint density at radius 1 is 1.54 bits per heavy atom. The van der Waals surface area contributed by atoms with E-state index in [0.29, 0.717) is 0 Å². The van der Waals surface area contributed by atoms with E-state index >= 15 is 0 Å². The molecule has 0 heterocycles. The average molecular weight is 178 g/mol. The summed E-state index contributed by atoms with van der Waals surface area (Å²) in [4.78, 5) is 11.1. The van der Waals surface area contributed by atoms with Gasteiger partial charge < -0.3 is 5.32 Å². The number of amides is 1. The van der Waals surface area contributed by atoms with Crippen molar-refractivity contribution >= 4 is 5.91 Å². The SMILES string of the molecule is C/C=C(C)\C=C\C(=O)NC(C)C#N. The number of hydrogen-bond donors (Lipinski definition) is 1. The Bertz CT molecular complexity index is 271. The summed E-state index contributed by atoms with van der Waals surface area (Å²) < 4.78 is 0. The molecule has 1 amide bonds. The minimum Gasteiger partial charge on any atom is -0.337 e.